The number of sulfonamides is 1. The number of aromatic carboxylic acids is 1. The first-order chi connectivity index (χ1) is 9.87. The molecule has 1 saturated carbocycles. The van der Waals surface area contributed by atoms with Crippen molar-refractivity contribution in [2.45, 2.75) is 43.5 Å². The van der Waals surface area contributed by atoms with Crippen LogP contribution in [0.4, 0.5) is 0 Å². The second-order valence-corrected chi connectivity index (χ2v) is 8.15. The van der Waals surface area contributed by atoms with E-state index < -0.39 is 16.0 Å². The number of nitrogens with zero attached hydrogens (tertiary/aromatic N) is 1. The van der Waals surface area contributed by atoms with Crippen LogP contribution in [0.15, 0.2) is 23.1 Å². The molecule has 1 aliphatic carbocycles. The highest BCUT2D eigenvalue weighted by Crippen LogP contribution is 2.29. The molecule has 0 atom stereocenters. The van der Waals surface area contributed by atoms with Crippen LogP contribution >= 0.6 is 22.6 Å². The molecule has 1 aromatic rings. The number of hydrogen-bond acceptors (Lipinski definition) is 3. The van der Waals surface area contributed by atoms with Gasteiger partial charge in [0, 0.05) is 16.2 Å². The molecule has 0 aromatic heterocycles. The molecule has 116 valence electrons. The Balaban J connectivity index is 2.42. The zero-order chi connectivity index (χ0) is 15.6. The van der Waals surface area contributed by atoms with Crippen molar-refractivity contribution in [3.05, 3.63) is 27.3 Å². The molecule has 0 amide bonds. The van der Waals surface area contributed by atoms with E-state index in [-0.39, 0.29) is 16.5 Å². The molecular formula is C14H18INO4S. The Morgan fingerprint density at radius 2 is 2.00 bits per heavy atom. The molecule has 21 heavy (non-hydrogen) atoms. The molecule has 5 nitrogen and oxygen atoms in total. The van der Waals surface area contributed by atoms with E-state index in [1.54, 1.807) is 6.07 Å². The van der Waals surface area contributed by atoms with Gasteiger partial charge in [0.2, 0.25) is 10.0 Å². The van der Waals surface area contributed by atoms with Crippen LogP contribution in [-0.4, -0.2) is 36.4 Å². The summed E-state index contributed by atoms with van der Waals surface area (Å²) in [5, 5.41) is 9.15. The number of rotatable bonds is 5. The Kier molecular flexibility index (Phi) is 5.26. The van der Waals surface area contributed by atoms with Crippen LogP contribution in [0, 0.1) is 3.57 Å². The molecule has 0 radical (unpaired) electrons. The minimum absolute atomic E-state index is 0.0270. The van der Waals surface area contributed by atoms with Gasteiger partial charge in [0.1, 0.15) is 0 Å². The fourth-order valence-electron chi connectivity index (χ4n) is 2.78. The molecule has 1 fully saturated rings. The molecule has 0 saturated heterocycles. The number of carboxylic acid groups (broad SMARTS) is 1. The van der Waals surface area contributed by atoms with Gasteiger partial charge in [0.05, 0.1) is 10.5 Å². The van der Waals surface area contributed by atoms with E-state index in [2.05, 4.69) is 0 Å². The van der Waals surface area contributed by atoms with Gasteiger partial charge in [-0.25, -0.2) is 13.2 Å². The van der Waals surface area contributed by atoms with Crippen molar-refractivity contribution in [2.75, 3.05) is 6.54 Å². The van der Waals surface area contributed by atoms with Crippen molar-refractivity contribution >= 4 is 38.6 Å². The van der Waals surface area contributed by atoms with Crippen molar-refractivity contribution < 1.29 is 18.3 Å². The Labute approximate surface area is 138 Å². The average molecular weight is 423 g/mol. The zero-order valence-electron chi connectivity index (χ0n) is 11.8. The molecule has 2 rings (SSSR count). The summed E-state index contributed by atoms with van der Waals surface area (Å²) in [7, 11) is -3.64. The third-order valence-electron chi connectivity index (χ3n) is 3.82. The van der Waals surface area contributed by atoms with Gasteiger partial charge in [-0.3, -0.25) is 0 Å². The summed E-state index contributed by atoms with van der Waals surface area (Å²) in [6, 6.07) is 4.32. The highest BCUT2D eigenvalue weighted by molar-refractivity contribution is 14.1. The van der Waals surface area contributed by atoms with Crippen LogP contribution in [-0.2, 0) is 10.0 Å². The second-order valence-electron chi connectivity index (χ2n) is 5.09. The first-order valence-electron chi connectivity index (χ1n) is 6.92. The van der Waals surface area contributed by atoms with Gasteiger partial charge < -0.3 is 5.11 Å². The minimum atomic E-state index is -3.64. The van der Waals surface area contributed by atoms with Crippen LogP contribution in [0.1, 0.15) is 43.0 Å². The molecule has 7 heteroatoms. The van der Waals surface area contributed by atoms with Gasteiger partial charge in [0.25, 0.3) is 0 Å². The van der Waals surface area contributed by atoms with Gasteiger partial charge >= 0.3 is 5.97 Å². The van der Waals surface area contributed by atoms with Gasteiger partial charge in [-0.15, -0.1) is 0 Å². The molecule has 1 N–H and O–H groups in total. The van der Waals surface area contributed by atoms with E-state index >= 15 is 0 Å². The molecule has 1 aromatic carbocycles. The summed E-state index contributed by atoms with van der Waals surface area (Å²) in [4.78, 5) is 11.2. The van der Waals surface area contributed by atoms with E-state index in [0.717, 1.165) is 25.7 Å². The first kappa shape index (κ1) is 16.7. The third-order valence-corrected chi connectivity index (χ3v) is 6.78. The van der Waals surface area contributed by atoms with E-state index in [0.29, 0.717) is 10.1 Å². The van der Waals surface area contributed by atoms with Crippen molar-refractivity contribution in [1.29, 1.82) is 0 Å². The van der Waals surface area contributed by atoms with E-state index in [1.807, 2.05) is 29.5 Å². The van der Waals surface area contributed by atoms with Crippen molar-refractivity contribution in [1.82, 2.24) is 4.31 Å². The molecule has 0 unspecified atom stereocenters. The summed E-state index contributed by atoms with van der Waals surface area (Å²) < 4.78 is 27.6. The van der Waals surface area contributed by atoms with Gasteiger partial charge in [-0.1, -0.05) is 19.8 Å². The number of carboxylic acids is 1. The maximum absolute atomic E-state index is 12.8. The van der Waals surface area contributed by atoms with E-state index in [4.69, 9.17) is 5.11 Å². The van der Waals surface area contributed by atoms with Crippen LogP contribution in [0.3, 0.4) is 0 Å². The zero-order valence-corrected chi connectivity index (χ0v) is 14.7. The van der Waals surface area contributed by atoms with E-state index in [9.17, 15) is 13.2 Å². The fraction of sp³-hybridized carbons (Fsp3) is 0.500. The van der Waals surface area contributed by atoms with E-state index in [1.165, 1.54) is 16.4 Å². The minimum Gasteiger partial charge on any atom is -0.478 e. The summed E-state index contributed by atoms with van der Waals surface area (Å²) >= 11 is 1.90. The fourth-order valence-corrected chi connectivity index (χ4v) is 5.07. The number of benzene rings is 1. The Morgan fingerprint density at radius 1 is 1.38 bits per heavy atom. The Morgan fingerprint density at radius 3 is 2.52 bits per heavy atom. The predicted octanol–water partition coefficient (Wildman–Crippen LogP) is 2.94. The molecule has 0 aliphatic heterocycles. The summed E-state index contributed by atoms with van der Waals surface area (Å²) in [6.07, 6.45) is 3.85. The number of halogens is 1. The van der Waals surface area contributed by atoms with Crippen molar-refractivity contribution in [3.63, 3.8) is 0 Å². The normalized spacial score (nSPS) is 16.5. The molecule has 0 bridgehead atoms. The van der Waals surface area contributed by atoms with Crippen molar-refractivity contribution in [2.24, 2.45) is 0 Å². The summed E-state index contributed by atoms with van der Waals surface area (Å²) in [6.45, 7) is 2.22. The van der Waals surface area contributed by atoms with Crippen LogP contribution in [0.25, 0.3) is 0 Å². The largest absolute Gasteiger partial charge is 0.478 e. The lowest BCUT2D eigenvalue weighted by molar-refractivity contribution is 0.0695. The lowest BCUT2D eigenvalue weighted by atomic mass is 10.2. The maximum Gasteiger partial charge on any atom is 0.336 e. The standard InChI is InChI=1S/C14H18INO4S/c1-2-16(10-5-3-4-6-10)21(19,20)11-7-8-13(15)12(9-11)14(17)18/h7-10H,2-6H2,1H3,(H,17,18). The highest BCUT2D eigenvalue weighted by atomic mass is 127. The Hall–Kier alpha value is -0.670. The van der Waals surface area contributed by atoms with Crippen molar-refractivity contribution in [3.8, 4) is 0 Å². The molecular weight excluding hydrogens is 405 g/mol. The van der Waals surface area contributed by atoms with Crippen LogP contribution in [0.2, 0.25) is 0 Å². The summed E-state index contributed by atoms with van der Waals surface area (Å²) in [5.74, 6) is -1.11. The van der Waals surface area contributed by atoms with Gasteiger partial charge in [-0.2, -0.15) is 4.31 Å². The lowest BCUT2D eigenvalue weighted by Gasteiger charge is -2.26. The lowest BCUT2D eigenvalue weighted by Crippen LogP contribution is -2.38. The Bertz CT molecular complexity index is 638. The highest BCUT2D eigenvalue weighted by Gasteiger charge is 2.32. The number of hydrogen-bond donors (Lipinski definition) is 1. The summed E-state index contributed by atoms with van der Waals surface area (Å²) in [5.41, 5.74) is 0.0270. The van der Waals surface area contributed by atoms with Gasteiger partial charge in [-0.05, 0) is 53.6 Å². The van der Waals surface area contributed by atoms with Crippen LogP contribution < -0.4 is 0 Å². The molecule has 0 heterocycles. The SMILES string of the molecule is CCN(C1CCCC1)S(=O)(=O)c1ccc(I)c(C(=O)O)c1. The first-order valence-corrected chi connectivity index (χ1v) is 9.44. The average Bonchev–Trinajstić information content (AvgIpc) is 2.93. The van der Waals surface area contributed by atoms with Gasteiger partial charge in [0.15, 0.2) is 0 Å². The molecule has 0 spiro atoms. The number of carbonyl (C=O) groups is 1. The smallest absolute Gasteiger partial charge is 0.336 e. The maximum atomic E-state index is 12.8. The monoisotopic (exact) mass is 423 g/mol. The predicted molar refractivity (Wildman–Crippen MR) is 87.9 cm³/mol. The second kappa shape index (κ2) is 6.62. The molecule has 1 aliphatic rings. The van der Waals surface area contributed by atoms with Crippen LogP contribution in [0.5, 0.6) is 0 Å². The quantitative estimate of drug-likeness (QED) is 0.740. The topological polar surface area (TPSA) is 74.7 Å². The third kappa shape index (κ3) is 3.40.